The number of hydrogen-bond acceptors (Lipinski definition) is 2. The molecule has 0 spiro atoms. The highest BCUT2D eigenvalue weighted by Crippen LogP contribution is 2.13. The van der Waals surface area contributed by atoms with Crippen molar-refractivity contribution in [3.63, 3.8) is 0 Å². The van der Waals surface area contributed by atoms with E-state index < -0.39 is 0 Å². The fraction of sp³-hybridized carbons (Fsp3) is 0.667. The van der Waals surface area contributed by atoms with E-state index >= 15 is 0 Å². The van der Waals surface area contributed by atoms with E-state index in [1.165, 1.54) is 12.8 Å². The Bertz CT molecular complexity index is 283. The molecule has 1 aromatic rings. The van der Waals surface area contributed by atoms with Crippen LogP contribution in [0.3, 0.4) is 0 Å². The van der Waals surface area contributed by atoms with Gasteiger partial charge in [0, 0.05) is 6.04 Å². The van der Waals surface area contributed by atoms with Crippen molar-refractivity contribution < 1.29 is 4.42 Å². The van der Waals surface area contributed by atoms with Crippen molar-refractivity contribution in [2.45, 2.75) is 46.2 Å². The van der Waals surface area contributed by atoms with E-state index in [-0.39, 0.29) is 0 Å². The smallest absolute Gasteiger partial charge is 0.193 e. The minimum absolute atomic E-state index is 0.460. The van der Waals surface area contributed by atoms with Crippen LogP contribution in [0.2, 0.25) is 5.22 Å². The van der Waals surface area contributed by atoms with Crippen LogP contribution in [-0.2, 0) is 6.54 Å². The van der Waals surface area contributed by atoms with Crippen LogP contribution in [0.4, 0.5) is 0 Å². The molecule has 0 aliphatic carbocycles. The summed E-state index contributed by atoms with van der Waals surface area (Å²) in [5.41, 5.74) is 0. The standard InChI is InChI=1S/C12H20ClNO/c1-9(2)4-5-10(3)14-8-11-6-7-12(13)15-11/h6-7,9-10,14H,4-5,8H2,1-3H3. The molecule has 15 heavy (non-hydrogen) atoms. The van der Waals surface area contributed by atoms with E-state index in [1.54, 1.807) is 6.07 Å². The summed E-state index contributed by atoms with van der Waals surface area (Å²) < 4.78 is 5.26. The summed E-state index contributed by atoms with van der Waals surface area (Å²) in [6, 6.07) is 4.21. The van der Waals surface area contributed by atoms with Crippen molar-refractivity contribution in [1.82, 2.24) is 5.32 Å². The summed E-state index contributed by atoms with van der Waals surface area (Å²) in [5, 5.41) is 3.88. The average molecular weight is 230 g/mol. The van der Waals surface area contributed by atoms with Crippen LogP contribution in [-0.4, -0.2) is 6.04 Å². The molecule has 0 aromatic carbocycles. The summed E-state index contributed by atoms with van der Waals surface area (Å²) >= 11 is 5.68. The second-order valence-corrected chi connectivity index (χ2v) is 4.83. The van der Waals surface area contributed by atoms with Crippen molar-refractivity contribution in [3.8, 4) is 0 Å². The monoisotopic (exact) mass is 229 g/mol. The van der Waals surface area contributed by atoms with Gasteiger partial charge in [0.1, 0.15) is 5.76 Å². The molecule has 0 saturated carbocycles. The van der Waals surface area contributed by atoms with Gasteiger partial charge < -0.3 is 9.73 Å². The van der Waals surface area contributed by atoms with Gasteiger partial charge in [-0.05, 0) is 49.4 Å². The summed E-state index contributed by atoms with van der Waals surface area (Å²) in [4.78, 5) is 0. The molecule has 1 heterocycles. The van der Waals surface area contributed by atoms with Gasteiger partial charge in [0.2, 0.25) is 0 Å². The summed E-state index contributed by atoms with van der Waals surface area (Å²) in [7, 11) is 0. The van der Waals surface area contributed by atoms with Crippen molar-refractivity contribution in [2.75, 3.05) is 0 Å². The molecular formula is C12H20ClNO. The van der Waals surface area contributed by atoms with Crippen LogP contribution in [0.1, 0.15) is 39.4 Å². The normalized spacial score (nSPS) is 13.4. The highest BCUT2D eigenvalue weighted by molar-refractivity contribution is 6.28. The maximum atomic E-state index is 5.68. The zero-order valence-electron chi connectivity index (χ0n) is 9.72. The molecular weight excluding hydrogens is 210 g/mol. The molecule has 1 aromatic heterocycles. The number of halogens is 1. The van der Waals surface area contributed by atoms with E-state index in [2.05, 4.69) is 26.1 Å². The zero-order chi connectivity index (χ0) is 11.3. The maximum Gasteiger partial charge on any atom is 0.193 e. The van der Waals surface area contributed by atoms with E-state index in [4.69, 9.17) is 16.0 Å². The first-order chi connectivity index (χ1) is 7.08. The van der Waals surface area contributed by atoms with E-state index in [0.717, 1.165) is 18.2 Å². The fourth-order valence-electron chi connectivity index (χ4n) is 1.41. The average Bonchev–Trinajstić information content (AvgIpc) is 2.58. The Balaban J connectivity index is 2.19. The molecule has 0 fully saturated rings. The van der Waals surface area contributed by atoms with Crippen molar-refractivity contribution in [3.05, 3.63) is 23.1 Å². The third kappa shape index (κ3) is 5.24. The molecule has 1 N–H and O–H groups in total. The minimum atomic E-state index is 0.460. The van der Waals surface area contributed by atoms with Gasteiger partial charge in [-0.2, -0.15) is 0 Å². The molecule has 0 radical (unpaired) electrons. The van der Waals surface area contributed by atoms with Gasteiger partial charge in [-0.25, -0.2) is 0 Å². The Morgan fingerprint density at radius 1 is 1.27 bits per heavy atom. The quantitative estimate of drug-likeness (QED) is 0.802. The summed E-state index contributed by atoms with van der Waals surface area (Å²) in [6.07, 6.45) is 2.46. The summed E-state index contributed by atoms with van der Waals surface area (Å²) in [6.45, 7) is 7.46. The van der Waals surface area contributed by atoms with Crippen molar-refractivity contribution in [2.24, 2.45) is 5.92 Å². The molecule has 1 atom stereocenters. The third-order valence-electron chi connectivity index (χ3n) is 2.43. The van der Waals surface area contributed by atoms with Crippen LogP contribution < -0.4 is 5.32 Å². The van der Waals surface area contributed by atoms with Crippen LogP contribution in [0, 0.1) is 5.92 Å². The number of furan rings is 1. The number of nitrogens with one attached hydrogen (secondary N) is 1. The second kappa shape index (κ2) is 6.19. The minimum Gasteiger partial charge on any atom is -0.448 e. The first-order valence-corrected chi connectivity index (χ1v) is 5.93. The lowest BCUT2D eigenvalue weighted by Crippen LogP contribution is -2.25. The zero-order valence-corrected chi connectivity index (χ0v) is 10.5. The van der Waals surface area contributed by atoms with Gasteiger partial charge in [0.05, 0.1) is 6.54 Å². The fourth-order valence-corrected chi connectivity index (χ4v) is 1.57. The van der Waals surface area contributed by atoms with Gasteiger partial charge in [-0.15, -0.1) is 0 Å². The van der Waals surface area contributed by atoms with Crippen LogP contribution in [0.5, 0.6) is 0 Å². The first kappa shape index (κ1) is 12.6. The highest BCUT2D eigenvalue weighted by Gasteiger charge is 2.05. The van der Waals surface area contributed by atoms with Crippen LogP contribution >= 0.6 is 11.6 Å². The molecule has 86 valence electrons. The van der Waals surface area contributed by atoms with Crippen molar-refractivity contribution in [1.29, 1.82) is 0 Å². The molecule has 0 bridgehead atoms. The Morgan fingerprint density at radius 2 is 2.00 bits per heavy atom. The Hall–Kier alpha value is -0.470. The molecule has 0 aliphatic rings. The molecule has 0 saturated heterocycles. The van der Waals surface area contributed by atoms with Gasteiger partial charge in [-0.3, -0.25) is 0 Å². The van der Waals surface area contributed by atoms with Crippen molar-refractivity contribution >= 4 is 11.6 Å². The van der Waals surface area contributed by atoms with Gasteiger partial charge in [0.15, 0.2) is 5.22 Å². The predicted molar refractivity (Wildman–Crippen MR) is 64.1 cm³/mol. The Kier molecular flexibility index (Phi) is 5.20. The maximum absolute atomic E-state index is 5.68. The van der Waals surface area contributed by atoms with Gasteiger partial charge in [0.25, 0.3) is 0 Å². The third-order valence-corrected chi connectivity index (χ3v) is 2.63. The lowest BCUT2D eigenvalue weighted by Gasteiger charge is -2.13. The molecule has 3 heteroatoms. The lowest BCUT2D eigenvalue weighted by molar-refractivity contribution is 0.419. The topological polar surface area (TPSA) is 25.2 Å². The van der Waals surface area contributed by atoms with Crippen LogP contribution in [0.15, 0.2) is 16.5 Å². The van der Waals surface area contributed by atoms with E-state index in [0.29, 0.717) is 11.3 Å². The first-order valence-electron chi connectivity index (χ1n) is 5.55. The SMILES string of the molecule is CC(C)CCC(C)NCc1ccc(Cl)o1. The largest absolute Gasteiger partial charge is 0.448 e. The molecule has 2 nitrogen and oxygen atoms in total. The van der Waals surface area contributed by atoms with Gasteiger partial charge in [-0.1, -0.05) is 13.8 Å². The number of hydrogen-bond donors (Lipinski definition) is 1. The predicted octanol–water partition coefficient (Wildman–Crippen LogP) is 3.85. The molecule has 1 rings (SSSR count). The molecule has 0 amide bonds. The molecule has 1 unspecified atom stereocenters. The number of rotatable bonds is 6. The Labute approximate surface area is 97.0 Å². The second-order valence-electron chi connectivity index (χ2n) is 4.46. The molecule has 0 aliphatic heterocycles. The Morgan fingerprint density at radius 3 is 2.53 bits per heavy atom. The highest BCUT2D eigenvalue weighted by atomic mass is 35.5. The van der Waals surface area contributed by atoms with Crippen LogP contribution in [0.25, 0.3) is 0 Å². The van der Waals surface area contributed by atoms with E-state index in [1.807, 2.05) is 6.07 Å². The van der Waals surface area contributed by atoms with Gasteiger partial charge >= 0.3 is 0 Å². The lowest BCUT2D eigenvalue weighted by atomic mass is 10.0. The summed E-state index contributed by atoms with van der Waals surface area (Å²) in [5.74, 6) is 1.67. The van der Waals surface area contributed by atoms with E-state index in [9.17, 15) is 0 Å².